The molecule has 3 rings (SSSR count). The summed E-state index contributed by atoms with van der Waals surface area (Å²) in [5, 5.41) is 1.00. The lowest BCUT2D eigenvalue weighted by Crippen LogP contribution is -2.42. The fraction of sp³-hybridized carbons (Fsp3) is 0.400. The molecule has 1 aromatic rings. The molecule has 2 amide bonds. The van der Waals surface area contributed by atoms with Crippen LogP contribution in [-0.2, 0) is 14.3 Å². The smallest absolute Gasteiger partial charge is 0.254 e. The normalized spacial score (nSPS) is 18.3. The SMILES string of the molecule is O=C(CSC1=NCC(=O)N1c1ccccc1Cl)N1CCOCC1. The van der Waals surface area contributed by atoms with E-state index in [-0.39, 0.29) is 24.1 Å². The molecule has 0 bridgehead atoms. The van der Waals surface area contributed by atoms with Crippen LogP contribution in [0.5, 0.6) is 0 Å². The summed E-state index contributed by atoms with van der Waals surface area (Å²) in [5.74, 6) is 0.131. The predicted octanol–water partition coefficient (Wildman–Crippen LogP) is 1.63. The van der Waals surface area contributed by atoms with E-state index in [1.165, 1.54) is 16.7 Å². The Labute approximate surface area is 143 Å². The Morgan fingerprint density at radius 1 is 1.30 bits per heavy atom. The van der Waals surface area contributed by atoms with Crippen molar-refractivity contribution in [2.24, 2.45) is 4.99 Å². The maximum atomic E-state index is 12.2. The number of rotatable bonds is 3. The highest BCUT2D eigenvalue weighted by Gasteiger charge is 2.29. The van der Waals surface area contributed by atoms with Gasteiger partial charge in [-0.25, -0.2) is 0 Å². The Morgan fingerprint density at radius 2 is 2.04 bits per heavy atom. The van der Waals surface area contributed by atoms with Crippen LogP contribution in [0.1, 0.15) is 0 Å². The number of carbonyl (C=O) groups is 2. The molecule has 2 heterocycles. The zero-order valence-corrected chi connectivity index (χ0v) is 14.0. The third-order valence-corrected chi connectivity index (χ3v) is 4.85. The van der Waals surface area contributed by atoms with Gasteiger partial charge >= 0.3 is 0 Å². The van der Waals surface area contributed by atoms with Gasteiger partial charge in [0.1, 0.15) is 6.54 Å². The number of thioether (sulfide) groups is 1. The summed E-state index contributed by atoms with van der Waals surface area (Å²) in [6.45, 7) is 2.44. The second kappa shape index (κ2) is 7.33. The highest BCUT2D eigenvalue weighted by molar-refractivity contribution is 8.14. The number of hydrogen-bond acceptors (Lipinski definition) is 5. The third kappa shape index (κ3) is 3.68. The first kappa shape index (κ1) is 16.3. The van der Waals surface area contributed by atoms with E-state index >= 15 is 0 Å². The molecule has 122 valence electrons. The summed E-state index contributed by atoms with van der Waals surface area (Å²) in [6.07, 6.45) is 0. The highest BCUT2D eigenvalue weighted by Crippen LogP contribution is 2.30. The number of amidine groups is 1. The van der Waals surface area contributed by atoms with Crippen LogP contribution >= 0.6 is 23.4 Å². The van der Waals surface area contributed by atoms with Gasteiger partial charge in [0.15, 0.2) is 5.17 Å². The van der Waals surface area contributed by atoms with Gasteiger partial charge in [-0.3, -0.25) is 19.5 Å². The van der Waals surface area contributed by atoms with E-state index in [1.54, 1.807) is 23.1 Å². The molecule has 1 fully saturated rings. The number of para-hydroxylation sites is 1. The van der Waals surface area contributed by atoms with E-state index < -0.39 is 0 Å². The molecule has 23 heavy (non-hydrogen) atoms. The number of morpholine rings is 1. The second-order valence-electron chi connectivity index (χ2n) is 5.06. The number of nitrogens with zero attached hydrogens (tertiary/aromatic N) is 3. The third-order valence-electron chi connectivity index (χ3n) is 3.57. The van der Waals surface area contributed by atoms with Crippen LogP contribution < -0.4 is 4.90 Å². The van der Waals surface area contributed by atoms with Crippen molar-refractivity contribution in [1.82, 2.24) is 4.90 Å². The molecule has 0 unspecified atom stereocenters. The zero-order valence-electron chi connectivity index (χ0n) is 12.4. The predicted molar refractivity (Wildman–Crippen MR) is 91.1 cm³/mol. The van der Waals surface area contributed by atoms with Crippen molar-refractivity contribution in [1.29, 1.82) is 0 Å². The molecule has 8 heteroatoms. The molecule has 1 saturated heterocycles. The average molecular weight is 354 g/mol. The van der Waals surface area contributed by atoms with Gasteiger partial charge in [0.05, 0.1) is 29.7 Å². The van der Waals surface area contributed by atoms with Crippen molar-refractivity contribution in [3.63, 3.8) is 0 Å². The Bertz CT molecular complexity index is 647. The van der Waals surface area contributed by atoms with Gasteiger partial charge in [0.2, 0.25) is 5.91 Å². The van der Waals surface area contributed by atoms with E-state index in [1.807, 2.05) is 6.07 Å². The molecular formula is C15H16ClN3O3S. The molecule has 0 spiro atoms. The monoisotopic (exact) mass is 353 g/mol. The minimum Gasteiger partial charge on any atom is -0.378 e. The minimum atomic E-state index is -0.139. The fourth-order valence-electron chi connectivity index (χ4n) is 2.39. The number of amides is 2. The lowest BCUT2D eigenvalue weighted by Gasteiger charge is -2.27. The van der Waals surface area contributed by atoms with Gasteiger partial charge < -0.3 is 9.64 Å². The van der Waals surface area contributed by atoms with Gasteiger partial charge in [-0.1, -0.05) is 35.5 Å². The molecule has 0 aliphatic carbocycles. The van der Waals surface area contributed by atoms with Crippen LogP contribution in [0.2, 0.25) is 5.02 Å². The largest absolute Gasteiger partial charge is 0.378 e. The van der Waals surface area contributed by atoms with Gasteiger partial charge in [0, 0.05) is 13.1 Å². The zero-order chi connectivity index (χ0) is 16.2. The first-order valence-corrected chi connectivity index (χ1v) is 8.63. The van der Waals surface area contributed by atoms with Crippen molar-refractivity contribution >= 4 is 46.0 Å². The molecule has 0 N–H and O–H groups in total. The number of anilines is 1. The maximum absolute atomic E-state index is 12.2. The van der Waals surface area contributed by atoms with Crippen molar-refractivity contribution < 1.29 is 14.3 Å². The number of aliphatic imine (C=N–C) groups is 1. The van der Waals surface area contributed by atoms with Gasteiger partial charge in [-0.15, -0.1) is 0 Å². The number of hydrogen-bond donors (Lipinski definition) is 0. The van der Waals surface area contributed by atoms with Crippen LogP contribution in [0.25, 0.3) is 0 Å². The lowest BCUT2D eigenvalue weighted by molar-refractivity contribution is -0.132. The van der Waals surface area contributed by atoms with E-state index in [2.05, 4.69) is 4.99 Å². The molecule has 1 aromatic carbocycles. The quantitative estimate of drug-likeness (QED) is 0.828. The molecular weight excluding hydrogens is 338 g/mol. The Hall–Kier alpha value is -1.57. The second-order valence-corrected chi connectivity index (χ2v) is 6.41. The molecule has 0 aromatic heterocycles. The summed E-state index contributed by atoms with van der Waals surface area (Å²) in [6, 6.07) is 7.11. The first-order chi connectivity index (χ1) is 11.2. The summed E-state index contributed by atoms with van der Waals surface area (Å²) in [4.78, 5) is 31.8. The van der Waals surface area contributed by atoms with E-state index in [4.69, 9.17) is 16.3 Å². The first-order valence-electron chi connectivity index (χ1n) is 7.27. The summed E-state index contributed by atoms with van der Waals surface area (Å²) >= 11 is 7.44. The van der Waals surface area contributed by atoms with E-state index in [0.29, 0.717) is 42.2 Å². The number of benzene rings is 1. The number of ether oxygens (including phenoxy) is 1. The average Bonchev–Trinajstić information content (AvgIpc) is 2.94. The van der Waals surface area contributed by atoms with Crippen molar-refractivity contribution in [3.05, 3.63) is 29.3 Å². The van der Waals surface area contributed by atoms with Gasteiger partial charge in [0.25, 0.3) is 5.91 Å². The Kier molecular flexibility index (Phi) is 5.20. The number of halogens is 1. The van der Waals surface area contributed by atoms with E-state index in [9.17, 15) is 9.59 Å². The Balaban J connectivity index is 1.66. The topological polar surface area (TPSA) is 62.2 Å². The van der Waals surface area contributed by atoms with Crippen LogP contribution in [0.3, 0.4) is 0 Å². The number of carbonyl (C=O) groups excluding carboxylic acids is 2. The van der Waals surface area contributed by atoms with Gasteiger partial charge in [-0.05, 0) is 12.1 Å². The maximum Gasteiger partial charge on any atom is 0.254 e. The van der Waals surface area contributed by atoms with Crippen LogP contribution in [0.15, 0.2) is 29.3 Å². The molecule has 0 atom stereocenters. The van der Waals surface area contributed by atoms with Crippen molar-refractivity contribution in [2.45, 2.75) is 0 Å². The summed E-state index contributed by atoms with van der Waals surface area (Å²) in [5.41, 5.74) is 0.599. The molecule has 0 saturated carbocycles. The van der Waals surface area contributed by atoms with Crippen LogP contribution in [0, 0.1) is 0 Å². The van der Waals surface area contributed by atoms with Crippen molar-refractivity contribution in [2.75, 3.05) is 43.5 Å². The van der Waals surface area contributed by atoms with E-state index in [0.717, 1.165) is 0 Å². The molecule has 2 aliphatic rings. The summed E-state index contributed by atoms with van der Waals surface area (Å²) < 4.78 is 5.24. The van der Waals surface area contributed by atoms with Crippen LogP contribution in [-0.4, -0.2) is 60.5 Å². The molecule has 0 radical (unpaired) electrons. The standard InChI is InChI=1S/C15H16ClN3O3S/c16-11-3-1-2-4-12(11)19-13(20)9-17-15(19)23-10-14(21)18-5-7-22-8-6-18/h1-4H,5-10H2. The minimum absolute atomic E-state index is 0.0273. The summed E-state index contributed by atoms with van der Waals surface area (Å²) in [7, 11) is 0. The van der Waals surface area contributed by atoms with Gasteiger partial charge in [-0.2, -0.15) is 0 Å². The lowest BCUT2D eigenvalue weighted by atomic mass is 10.3. The molecule has 2 aliphatic heterocycles. The highest BCUT2D eigenvalue weighted by atomic mass is 35.5. The molecule has 6 nitrogen and oxygen atoms in total. The van der Waals surface area contributed by atoms with Crippen molar-refractivity contribution in [3.8, 4) is 0 Å². The Morgan fingerprint density at radius 3 is 2.78 bits per heavy atom. The fourth-order valence-corrected chi connectivity index (χ4v) is 3.53. The van der Waals surface area contributed by atoms with Crippen LogP contribution in [0.4, 0.5) is 5.69 Å².